The number of para-hydroxylation sites is 2. The lowest BCUT2D eigenvalue weighted by atomic mass is 10.0. The molecule has 13 heteroatoms. The summed E-state index contributed by atoms with van der Waals surface area (Å²) in [7, 11) is 6.12. The highest BCUT2D eigenvalue weighted by atomic mass is 16.5. The molecule has 0 radical (unpaired) electrons. The van der Waals surface area contributed by atoms with Crippen molar-refractivity contribution in [3.8, 4) is 28.7 Å². The number of carboxylic acid groups (broad SMARTS) is 1. The molecule has 0 aliphatic rings. The summed E-state index contributed by atoms with van der Waals surface area (Å²) in [6.45, 7) is 1.08. The number of ether oxygens (including phenoxy) is 4. The second-order valence-electron chi connectivity index (χ2n) is 8.45. The van der Waals surface area contributed by atoms with Crippen LogP contribution in [0.3, 0.4) is 0 Å². The molecule has 1 unspecified atom stereocenters. The van der Waals surface area contributed by atoms with Gasteiger partial charge in [-0.1, -0.05) is 12.1 Å². The molecule has 0 saturated heterocycles. The fraction of sp³-hybridized carbons (Fsp3) is 0.214. The summed E-state index contributed by atoms with van der Waals surface area (Å²) in [4.78, 5) is 24.9. The van der Waals surface area contributed by atoms with E-state index in [1.165, 1.54) is 33.1 Å². The first-order valence-electron chi connectivity index (χ1n) is 12.2. The van der Waals surface area contributed by atoms with Crippen molar-refractivity contribution < 1.29 is 28.8 Å². The van der Waals surface area contributed by atoms with E-state index in [-0.39, 0.29) is 5.84 Å². The van der Waals surface area contributed by atoms with Crippen molar-refractivity contribution in [3.05, 3.63) is 88.1 Å². The largest absolute Gasteiger partial charge is 0.494 e. The van der Waals surface area contributed by atoms with Gasteiger partial charge in [0.05, 0.1) is 28.4 Å². The van der Waals surface area contributed by atoms with Gasteiger partial charge in [0.15, 0.2) is 17.3 Å². The number of aliphatic carboxylic acids is 1. The Balaban J connectivity index is 0.00000108. The highest BCUT2D eigenvalue weighted by Gasteiger charge is 2.25. The summed E-state index contributed by atoms with van der Waals surface area (Å²) in [6.07, 6.45) is 0. The van der Waals surface area contributed by atoms with E-state index < -0.39 is 17.7 Å². The minimum atomic E-state index is -0.833. The number of nitrogens with zero attached hydrogens (tertiary/aromatic N) is 2. The second kappa shape index (κ2) is 13.6. The highest BCUT2D eigenvalue weighted by molar-refractivity contribution is 5.95. The predicted molar refractivity (Wildman–Crippen MR) is 153 cm³/mol. The highest BCUT2D eigenvalue weighted by Crippen LogP contribution is 2.41. The molecular weight excluding hydrogens is 532 g/mol. The van der Waals surface area contributed by atoms with Crippen LogP contribution in [0.1, 0.15) is 29.9 Å². The van der Waals surface area contributed by atoms with E-state index in [9.17, 15) is 4.79 Å². The third-order valence-corrected chi connectivity index (χ3v) is 5.75. The van der Waals surface area contributed by atoms with Crippen LogP contribution in [0, 0.1) is 5.41 Å². The number of nitrogen functional groups attached to an aromatic ring is 1. The Morgan fingerprint density at radius 1 is 0.976 bits per heavy atom. The number of hydrogen-bond donors (Lipinski definition) is 5. The van der Waals surface area contributed by atoms with Gasteiger partial charge in [0.1, 0.15) is 23.3 Å². The Bertz CT molecular complexity index is 1530. The van der Waals surface area contributed by atoms with Crippen LogP contribution in [-0.2, 0) is 4.79 Å². The summed E-state index contributed by atoms with van der Waals surface area (Å²) in [5.41, 5.74) is 7.63. The third kappa shape index (κ3) is 7.15. The van der Waals surface area contributed by atoms with Gasteiger partial charge in [0.25, 0.3) is 5.97 Å². The van der Waals surface area contributed by atoms with E-state index in [2.05, 4.69) is 15.4 Å². The molecule has 0 saturated carbocycles. The van der Waals surface area contributed by atoms with E-state index in [1.54, 1.807) is 54.6 Å². The number of hydrogen-bond acceptors (Lipinski definition) is 9. The Morgan fingerprint density at radius 3 is 2.05 bits per heavy atom. The Hall–Kier alpha value is -5.46. The smallest absolute Gasteiger partial charge is 0.348 e. The molecule has 1 heterocycles. The number of amidine groups is 1. The first-order chi connectivity index (χ1) is 19.6. The fourth-order valence-corrected chi connectivity index (χ4v) is 3.93. The molecule has 41 heavy (non-hydrogen) atoms. The van der Waals surface area contributed by atoms with Crippen LogP contribution < -0.4 is 35.7 Å². The molecule has 0 amide bonds. The maximum atomic E-state index is 13.0. The zero-order valence-electron chi connectivity index (χ0n) is 23.2. The molecule has 0 fully saturated rings. The molecule has 216 valence electrons. The topological polar surface area (TPSA) is 187 Å². The van der Waals surface area contributed by atoms with Crippen LogP contribution >= 0.6 is 0 Å². The van der Waals surface area contributed by atoms with E-state index in [1.807, 2.05) is 6.07 Å². The van der Waals surface area contributed by atoms with E-state index in [4.69, 9.17) is 40.0 Å². The maximum absolute atomic E-state index is 13.0. The molecule has 6 N–H and O–H groups in total. The fourth-order valence-electron chi connectivity index (χ4n) is 3.93. The number of methoxy groups -OCH3 is 4. The average molecular weight is 565 g/mol. The third-order valence-electron chi connectivity index (χ3n) is 5.75. The minimum Gasteiger partial charge on any atom is -0.494 e. The molecule has 0 bridgehead atoms. The van der Waals surface area contributed by atoms with Crippen LogP contribution in [0.5, 0.6) is 23.0 Å². The van der Waals surface area contributed by atoms with Gasteiger partial charge >= 0.3 is 5.69 Å². The molecule has 4 aromatic rings. The minimum absolute atomic E-state index is 0.0346. The molecule has 0 aliphatic heterocycles. The molecule has 13 nitrogen and oxygen atoms in total. The molecule has 3 aromatic carbocycles. The number of aromatic amines is 1. The maximum Gasteiger partial charge on any atom is 0.348 e. The first kappa shape index (κ1) is 30.1. The molecule has 1 aromatic heterocycles. The SMILES string of the molecule is CC(=O)O.COc1ccccc1-n1nc(C(Nc2ccc(C(=N)N)cc2)c2cc(OC)c(OC)c(OC)c2)[nH]c1=O. The number of benzene rings is 3. The summed E-state index contributed by atoms with van der Waals surface area (Å²) in [5, 5.41) is 23.1. The standard InChI is InChI=1S/C26H28N6O5.C2H4O2/c1-34-19-8-6-5-7-18(19)32-26(33)30-25(31-32)22(29-17-11-9-15(10-12-17)24(27)28)16-13-20(35-2)23(37-4)21(14-16)36-3;1-2(3)4/h5-14,22,29H,1-4H3,(H3,27,28)(H,30,31,33);1H3,(H,3,4). The van der Waals surface area contributed by atoms with E-state index >= 15 is 0 Å². The van der Waals surface area contributed by atoms with Gasteiger partial charge in [-0.15, -0.1) is 5.10 Å². The zero-order chi connectivity index (χ0) is 30.1. The monoisotopic (exact) mass is 564 g/mol. The lowest BCUT2D eigenvalue weighted by molar-refractivity contribution is -0.134. The van der Waals surface area contributed by atoms with Gasteiger partial charge in [-0.3, -0.25) is 15.2 Å². The van der Waals surface area contributed by atoms with Gasteiger partial charge in [-0.2, -0.15) is 4.68 Å². The number of anilines is 1. The van der Waals surface area contributed by atoms with Gasteiger partial charge in [0.2, 0.25) is 5.75 Å². The Labute approximate surface area is 236 Å². The number of rotatable bonds is 10. The first-order valence-corrected chi connectivity index (χ1v) is 12.2. The van der Waals surface area contributed by atoms with Crippen molar-refractivity contribution in [1.29, 1.82) is 5.41 Å². The zero-order valence-corrected chi connectivity index (χ0v) is 23.2. The van der Waals surface area contributed by atoms with E-state index in [0.29, 0.717) is 51.3 Å². The van der Waals surface area contributed by atoms with Crippen LogP contribution in [-0.4, -0.2) is 60.1 Å². The summed E-state index contributed by atoms with van der Waals surface area (Å²) in [5.74, 6) is 1.30. The summed E-state index contributed by atoms with van der Waals surface area (Å²) >= 11 is 0. The number of carbonyl (C=O) groups is 1. The van der Waals surface area contributed by atoms with Crippen molar-refractivity contribution in [3.63, 3.8) is 0 Å². The molecule has 0 aliphatic carbocycles. The van der Waals surface area contributed by atoms with Gasteiger partial charge in [0, 0.05) is 18.2 Å². The number of nitrogens with one attached hydrogen (secondary N) is 3. The van der Waals surface area contributed by atoms with Crippen LogP contribution in [0.15, 0.2) is 65.5 Å². The molecule has 0 spiro atoms. The summed E-state index contributed by atoms with van der Waals surface area (Å²) in [6, 6.07) is 17.1. The molecule has 1 atom stereocenters. The van der Waals surface area contributed by atoms with Crippen molar-refractivity contribution in [2.45, 2.75) is 13.0 Å². The van der Waals surface area contributed by atoms with Crippen molar-refractivity contribution >= 4 is 17.5 Å². The number of H-pyrrole nitrogens is 1. The van der Waals surface area contributed by atoms with Crippen LogP contribution in [0.2, 0.25) is 0 Å². The lowest BCUT2D eigenvalue weighted by Crippen LogP contribution is -2.16. The number of aromatic nitrogens is 3. The van der Waals surface area contributed by atoms with Gasteiger partial charge in [-0.25, -0.2) is 4.79 Å². The molecule has 4 rings (SSSR count). The summed E-state index contributed by atoms with van der Waals surface area (Å²) < 4.78 is 23.2. The normalized spacial score (nSPS) is 11.0. The van der Waals surface area contributed by atoms with Crippen molar-refractivity contribution in [1.82, 2.24) is 14.8 Å². The number of carboxylic acids is 1. The van der Waals surface area contributed by atoms with E-state index in [0.717, 1.165) is 6.92 Å². The van der Waals surface area contributed by atoms with Crippen LogP contribution in [0.4, 0.5) is 5.69 Å². The molecular formula is C28H32N6O7. The predicted octanol–water partition coefficient (Wildman–Crippen LogP) is 3.17. The lowest BCUT2D eigenvalue weighted by Gasteiger charge is -2.21. The average Bonchev–Trinajstić information content (AvgIpc) is 3.35. The van der Waals surface area contributed by atoms with Crippen LogP contribution in [0.25, 0.3) is 5.69 Å². The second-order valence-corrected chi connectivity index (χ2v) is 8.45. The number of nitrogens with two attached hydrogens (primary N) is 1. The van der Waals surface area contributed by atoms with Gasteiger partial charge in [-0.05, 0) is 54.1 Å². The van der Waals surface area contributed by atoms with Gasteiger partial charge < -0.3 is 35.1 Å². The van der Waals surface area contributed by atoms with Crippen molar-refractivity contribution in [2.75, 3.05) is 33.8 Å². The quantitative estimate of drug-likeness (QED) is 0.141. The Morgan fingerprint density at radius 2 is 1.54 bits per heavy atom. The van der Waals surface area contributed by atoms with Crippen molar-refractivity contribution in [2.24, 2.45) is 5.73 Å². The Kier molecular flexibility index (Phi) is 9.95.